The maximum atomic E-state index is 13.5. The van der Waals surface area contributed by atoms with Crippen LogP contribution >= 0.6 is 23.2 Å². The van der Waals surface area contributed by atoms with Crippen LogP contribution in [0.4, 0.5) is 9.18 Å². The van der Waals surface area contributed by atoms with Crippen LogP contribution in [0.25, 0.3) is 10.9 Å². The molecule has 1 saturated carbocycles. The third-order valence-electron chi connectivity index (χ3n) is 3.43. The molecule has 2 heterocycles. The van der Waals surface area contributed by atoms with Gasteiger partial charge in [-0.05, 0) is 6.92 Å². The van der Waals surface area contributed by atoms with E-state index in [2.05, 4.69) is 9.72 Å². The number of rotatable bonds is 3. The van der Waals surface area contributed by atoms with Crippen LogP contribution in [0.15, 0.2) is 17.2 Å². The summed E-state index contributed by atoms with van der Waals surface area (Å²) in [4.78, 5) is 27.7. The number of fused-ring (bicyclic) bond motifs is 1. The van der Waals surface area contributed by atoms with E-state index in [0.29, 0.717) is 0 Å². The van der Waals surface area contributed by atoms with Crippen molar-refractivity contribution in [3.8, 4) is 5.75 Å². The summed E-state index contributed by atoms with van der Waals surface area (Å²) < 4.78 is 24.5. The highest BCUT2D eigenvalue weighted by Crippen LogP contribution is 2.42. The molecular weight excluding hydrogens is 350 g/mol. The summed E-state index contributed by atoms with van der Waals surface area (Å²) in [6, 6.07) is -0.501. The van der Waals surface area contributed by atoms with Gasteiger partial charge in [0.05, 0.1) is 29.7 Å². The highest BCUT2D eigenvalue weighted by Gasteiger charge is 2.40. The summed E-state index contributed by atoms with van der Waals surface area (Å²) in [5.74, 6) is -0.282. The predicted octanol–water partition coefficient (Wildman–Crippen LogP) is 3.52. The Morgan fingerprint density at radius 3 is 2.83 bits per heavy atom. The number of carbonyl (C=O) groups is 1. The summed E-state index contributed by atoms with van der Waals surface area (Å²) in [6.45, 7) is 1.70. The van der Waals surface area contributed by atoms with Crippen molar-refractivity contribution in [2.45, 2.75) is 25.6 Å². The second kappa shape index (κ2) is 5.98. The van der Waals surface area contributed by atoms with Crippen molar-refractivity contribution in [3.05, 3.63) is 32.8 Å². The molecule has 2 aromatic heterocycles. The lowest BCUT2D eigenvalue weighted by Crippen LogP contribution is -2.19. The van der Waals surface area contributed by atoms with Gasteiger partial charge in [-0.15, -0.1) is 0 Å². The summed E-state index contributed by atoms with van der Waals surface area (Å²) in [7, 11) is 0. The third-order valence-corrected chi connectivity index (χ3v) is 4.17. The Hall–Kier alpha value is -1.86. The molecule has 23 heavy (non-hydrogen) atoms. The molecule has 9 heteroatoms. The molecule has 3 rings (SSSR count). The van der Waals surface area contributed by atoms with Crippen LogP contribution < -0.4 is 10.2 Å². The van der Waals surface area contributed by atoms with Crippen LogP contribution in [0.5, 0.6) is 5.75 Å². The van der Waals surface area contributed by atoms with Gasteiger partial charge in [0, 0.05) is 12.6 Å². The maximum Gasteiger partial charge on any atom is 0.514 e. The molecular formula is C14H11Cl2FN2O4. The lowest BCUT2D eigenvalue weighted by atomic mass is 10.2. The monoisotopic (exact) mass is 360 g/mol. The van der Waals surface area contributed by atoms with Crippen molar-refractivity contribution >= 4 is 40.3 Å². The molecule has 0 bridgehead atoms. The number of pyridine rings is 2. The van der Waals surface area contributed by atoms with Crippen LogP contribution in [-0.4, -0.2) is 28.5 Å². The molecule has 6 nitrogen and oxygen atoms in total. The van der Waals surface area contributed by atoms with Crippen LogP contribution in [0.1, 0.15) is 19.4 Å². The average Bonchev–Trinajstić information content (AvgIpc) is 3.22. The van der Waals surface area contributed by atoms with Gasteiger partial charge in [0.1, 0.15) is 16.3 Å². The highest BCUT2D eigenvalue weighted by atomic mass is 35.5. The number of hydrogen-bond acceptors (Lipinski definition) is 5. The van der Waals surface area contributed by atoms with Crippen molar-refractivity contribution in [2.75, 3.05) is 6.61 Å². The van der Waals surface area contributed by atoms with E-state index in [1.807, 2.05) is 0 Å². The van der Waals surface area contributed by atoms with E-state index in [9.17, 15) is 14.0 Å². The van der Waals surface area contributed by atoms with Gasteiger partial charge in [-0.3, -0.25) is 4.79 Å². The third kappa shape index (κ3) is 2.86. The lowest BCUT2D eigenvalue weighted by molar-refractivity contribution is 0.104. The topological polar surface area (TPSA) is 70.4 Å². The SMILES string of the molecule is CCOC(=O)Oc1cn([C@@H]2C[C@@H]2F)c2c(Cl)c(Cl)ncc2c1=O. The first-order valence-electron chi connectivity index (χ1n) is 6.81. The molecule has 0 radical (unpaired) electrons. The zero-order chi connectivity index (χ0) is 16.7. The Kier molecular flexibility index (Phi) is 4.16. The normalized spacial score (nSPS) is 19.7. The Morgan fingerprint density at radius 2 is 2.22 bits per heavy atom. The van der Waals surface area contributed by atoms with Gasteiger partial charge in [0.2, 0.25) is 5.43 Å². The second-order valence-corrected chi connectivity index (χ2v) is 5.70. The van der Waals surface area contributed by atoms with Gasteiger partial charge in [-0.1, -0.05) is 23.2 Å². The molecule has 0 N–H and O–H groups in total. The standard InChI is InChI=1S/C14H11Cl2FN2O4/c1-2-22-14(21)23-9-5-19(8-3-7(8)17)11-6(12(9)20)4-18-13(16)10(11)15/h4-5,7-8H,2-3H2,1H3/t7-,8+/m0/s1. The van der Waals surface area contributed by atoms with Crippen LogP contribution in [0.3, 0.4) is 0 Å². The van der Waals surface area contributed by atoms with Gasteiger partial charge in [0.25, 0.3) is 0 Å². The van der Waals surface area contributed by atoms with E-state index in [1.165, 1.54) is 17.0 Å². The van der Waals surface area contributed by atoms with E-state index in [0.717, 1.165) is 0 Å². The van der Waals surface area contributed by atoms with E-state index in [4.69, 9.17) is 27.9 Å². The number of hydrogen-bond donors (Lipinski definition) is 0. The Bertz CT molecular complexity index is 855. The first-order valence-corrected chi connectivity index (χ1v) is 7.57. The van der Waals surface area contributed by atoms with Gasteiger partial charge in [0.15, 0.2) is 5.75 Å². The molecule has 2 aromatic rings. The molecule has 0 aliphatic heterocycles. The lowest BCUT2D eigenvalue weighted by Gasteiger charge is -2.14. The van der Waals surface area contributed by atoms with Crippen LogP contribution in [-0.2, 0) is 4.74 Å². The van der Waals surface area contributed by atoms with E-state index < -0.39 is 23.8 Å². The molecule has 0 aromatic carbocycles. The first-order chi connectivity index (χ1) is 10.9. The Morgan fingerprint density at radius 1 is 1.52 bits per heavy atom. The molecule has 1 aliphatic carbocycles. The molecule has 1 fully saturated rings. The average molecular weight is 361 g/mol. The van der Waals surface area contributed by atoms with Crippen molar-refractivity contribution in [1.82, 2.24) is 9.55 Å². The van der Waals surface area contributed by atoms with Crippen LogP contribution in [0, 0.1) is 0 Å². The molecule has 1 aliphatic rings. The number of alkyl halides is 1. The number of nitrogens with zero attached hydrogens (tertiary/aromatic N) is 2. The van der Waals surface area contributed by atoms with Crippen molar-refractivity contribution in [1.29, 1.82) is 0 Å². The zero-order valence-electron chi connectivity index (χ0n) is 11.9. The Labute approximate surface area is 139 Å². The zero-order valence-corrected chi connectivity index (χ0v) is 13.4. The number of aromatic nitrogens is 2. The van der Waals surface area contributed by atoms with E-state index >= 15 is 0 Å². The highest BCUT2D eigenvalue weighted by molar-refractivity contribution is 6.44. The van der Waals surface area contributed by atoms with E-state index in [-0.39, 0.29) is 39.9 Å². The fraction of sp³-hybridized carbons (Fsp3) is 0.357. The molecule has 122 valence electrons. The fourth-order valence-electron chi connectivity index (χ4n) is 2.27. The van der Waals surface area contributed by atoms with Crippen molar-refractivity contribution in [3.63, 3.8) is 0 Å². The smallest absolute Gasteiger partial charge is 0.434 e. The van der Waals surface area contributed by atoms with E-state index in [1.54, 1.807) is 6.92 Å². The molecule has 2 atom stereocenters. The molecule has 0 amide bonds. The molecule has 0 unspecified atom stereocenters. The minimum atomic E-state index is -1.07. The number of halogens is 3. The predicted molar refractivity (Wildman–Crippen MR) is 82.2 cm³/mol. The summed E-state index contributed by atoms with van der Waals surface area (Å²) >= 11 is 12.0. The molecule has 0 saturated heterocycles. The minimum Gasteiger partial charge on any atom is -0.434 e. The second-order valence-electron chi connectivity index (χ2n) is 4.96. The molecule has 0 spiro atoms. The summed E-state index contributed by atoms with van der Waals surface area (Å²) in [6.07, 6.45) is 0.646. The maximum absolute atomic E-state index is 13.5. The van der Waals surface area contributed by atoms with Crippen LogP contribution in [0.2, 0.25) is 10.2 Å². The summed E-state index contributed by atoms with van der Waals surface area (Å²) in [5, 5.41) is 0.130. The van der Waals surface area contributed by atoms with Gasteiger partial charge in [-0.25, -0.2) is 14.2 Å². The van der Waals surface area contributed by atoms with Gasteiger partial charge < -0.3 is 14.0 Å². The van der Waals surface area contributed by atoms with Gasteiger partial charge >= 0.3 is 6.16 Å². The quantitative estimate of drug-likeness (QED) is 0.618. The fourth-order valence-corrected chi connectivity index (χ4v) is 2.65. The number of ether oxygens (including phenoxy) is 2. The summed E-state index contributed by atoms with van der Waals surface area (Å²) in [5.41, 5.74) is -0.343. The first kappa shape index (κ1) is 16.0. The van der Waals surface area contributed by atoms with Crippen molar-refractivity contribution in [2.24, 2.45) is 0 Å². The number of carbonyl (C=O) groups excluding carboxylic acids is 1. The Balaban J connectivity index is 2.20. The van der Waals surface area contributed by atoms with Gasteiger partial charge in [-0.2, -0.15) is 0 Å². The minimum absolute atomic E-state index is 0.00226. The largest absolute Gasteiger partial charge is 0.514 e. The van der Waals surface area contributed by atoms with Crippen molar-refractivity contribution < 1.29 is 18.7 Å².